The summed E-state index contributed by atoms with van der Waals surface area (Å²) >= 11 is 13.4. The van der Waals surface area contributed by atoms with E-state index in [2.05, 4.69) is 77.6 Å². The number of methoxy groups -OCH3 is 2. The number of hydrogen-bond donors (Lipinski definition) is 2. The number of benzene rings is 4. The lowest BCUT2D eigenvalue weighted by Gasteiger charge is -2.26. The van der Waals surface area contributed by atoms with Gasteiger partial charge in [0.1, 0.15) is 11.5 Å². The molecule has 0 radical (unpaired) electrons. The lowest BCUT2D eigenvalue weighted by molar-refractivity contribution is 0.362. The maximum absolute atomic E-state index is 5.35. The molecule has 5 nitrogen and oxygen atoms in total. The van der Waals surface area contributed by atoms with E-state index >= 15 is 0 Å². The monoisotopic (exact) mass is 1450 g/mol. The first-order valence-electron chi connectivity index (χ1n) is 18.3. The zero-order valence-corrected chi connectivity index (χ0v) is 58.2. The predicted molar refractivity (Wildman–Crippen MR) is 378 cm³/mol. The van der Waals surface area contributed by atoms with Crippen LogP contribution in [0.2, 0.25) is 0 Å². The molecule has 384 valence electrons. The molecule has 0 aliphatic carbocycles. The Hall–Kier alpha value is 2.20. The quantitative estimate of drug-likeness (QED) is 0.205. The van der Waals surface area contributed by atoms with Crippen LogP contribution < -0.4 is 20.1 Å². The molecule has 2 aliphatic heterocycles. The molecule has 0 amide bonds. The number of thioether (sulfide) groups is 2. The first kappa shape index (κ1) is 67.3. The minimum Gasteiger partial charge on any atom is -0.497 e. The standard InChI is InChI=1S/C18H20N2OS.C10H13NOS.C7H8.CH4.S26/c1-14(19-16-6-4-3-5-7-16)20-10-11-22-18-9-8-17(21-2)12-15(18)13-20;1-12-9-2-3-10-8(6-9)7-11-4-5-13-10;1-7-5-3-2-4-6-7;;1-3-5-7-9-11-13-15-17-19-21-23-25-26-24-22-20-18-16-14-12-10-8-6-4-2/h3-9,12,19H,1,10-11,13H2,2H3;2-3,6,11H,4-5,7H2,1H3;2-6H,1H3;1H4;. The van der Waals surface area contributed by atoms with E-state index in [9.17, 15) is 0 Å². The zero-order valence-electron chi connectivity index (χ0n) is 35.4. The van der Waals surface area contributed by atoms with Gasteiger partial charge in [-0.3, -0.25) is 0 Å². The van der Waals surface area contributed by atoms with Crippen LogP contribution >= 0.6 is 23.5 Å². The van der Waals surface area contributed by atoms with Gasteiger partial charge in [-0.25, -0.2) is 0 Å². The highest BCUT2D eigenvalue weighted by Gasteiger charge is 2.17. The van der Waals surface area contributed by atoms with Gasteiger partial charge in [0.05, 0.1) is 20.0 Å². The summed E-state index contributed by atoms with van der Waals surface area (Å²) in [4.78, 5) is 4.99. The van der Waals surface area contributed by atoms with E-state index in [-0.39, 0.29) is 7.43 Å². The van der Waals surface area contributed by atoms with Crippen LogP contribution in [0.4, 0.5) is 5.69 Å². The molecule has 4 aromatic carbocycles. The Morgan fingerprint density at radius 3 is 1.39 bits per heavy atom. The normalized spacial score (nSPS) is 11.2. The average Bonchev–Trinajstić information content (AvgIpc) is 3.75. The van der Waals surface area contributed by atoms with Crippen molar-refractivity contribution in [2.75, 3.05) is 44.1 Å². The van der Waals surface area contributed by atoms with Crippen molar-refractivity contribution >= 4 is 265 Å². The van der Waals surface area contributed by atoms with Gasteiger partial charge < -0.3 is 25.0 Å². The number of ether oxygens (including phenoxy) is 2. The Balaban J connectivity index is 0.000000339. The average molecular weight is 1450 g/mol. The van der Waals surface area contributed by atoms with Gasteiger partial charge in [-0.1, -0.05) is 68.1 Å². The van der Waals surface area contributed by atoms with Gasteiger partial charge in [-0.15, -0.1) is 23.5 Å². The van der Waals surface area contributed by atoms with Gasteiger partial charge in [-0.2, -0.15) is 0 Å². The maximum atomic E-state index is 5.35. The fourth-order valence-corrected chi connectivity index (χ4v) is 67.0. The minimum atomic E-state index is 0. The molecule has 0 bridgehead atoms. The summed E-state index contributed by atoms with van der Waals surface area (Å²) < 4.78 is 10.5. The Morgan fingerprint density at radius 1 is 0.565 bits per heavy atom. The molecule has 69 heavy (non-hydrogen) atoms. The fourth-order valence-electron chi connectivity index (χ4n) is 4.70. The van der Waals surface area contributed by atoms with E-state index in [0.717, 1.165) is 60.7 Å². The largest absolute Gasteiger partial charge is 0.497 e. The lowest BCUT2D eigenvalue weighted by atomic mass is 10.2. The van der Waals surface area contributed by atoms with Crippen molar-refractivity contribution in [3.63, 3.8) is 0 Å². The van der Waals surface area contributed by atoms with Crippen molar-refractivity contribution < 1.29 is 9.47 Å². The van der Waals surface area contributed by atoms with Gasteiger partial charge in [-0.05, 0) is 66.6 Å². The lowest BCUT2D eigenvalue weighted by Crippen LogP contribution is -2.27. The molecule has 33 heteroatoms. The Kier molecular flexibility index (Phi) is 46.3. The highest BCUT2D eigenvalue weighted by atomic mass is 33.5. The van der Waals surface area contributed by atoms with Crippen molar-refractivity contribution in [2.45, 2.75) is 37.2 Å². The molecule has 0 saturated carbocycles. The van der Waals surface area contributed by atoms with Crippen LogP contribution in [0.15, 0.2) is 119 Å². The Bertz CT molecular complexity index is 3280. The number of para-hydroxylation sites is 1. The molecule has 0 fully saturated rings. The first-order valence-corrected chi connectivity index (χ1v) is 53.6. The predicted octanol–water partition coefficient (Wildman–Crippen LogP) is 8.65. The van der Waals surface area contributed by atoms with E-state index in [0.29, 0.717) is 0 Å². The summed E-state index contributed by atoms with van der Waals surface area (Å²) in [6, 6.07) is 33.0. The van der Waals surface area contributed by atoms with Crippen LogP contribution in [0.5, 0.6) is 11.5 Å². The van der Waals surface area contributed by atoms with Gasteiger partial charge in [0.15, 0.2) is 0 Å². The topological polar surface area (TPSA) is 45.8 Å². The third-order valence-electron chi connectivity index (χ3n) is 7.39. The Labute approximate surface area is 494 Å². The molecule has 0 spiro atoms. The fraction of sp³-hybridized carbons (Fsp3) is 0.278. The second-order valence-corrected chi connectivity index (χ2v) is 56.2. The molecule has 2 aliphatic rings. The van der Waals surface area contributed by atoms with Crippen molar-refractivity contribution in [3.05, 3.63) is 126 Å². The van der Waals surface area contributed by atoms with E-state index in [1.54, 1.807) is 139 Å². The van der Waals surface area contributed by atoms with Crippen molar-refractivity contribution in [1.29, 1.82) is 0 Å². The van der Waals surface area contributed by atoms with E-state index in [1.807, 2.05) is 143 Å². The SMILES string of the molecule is C.C=C(Nc1ccccc1)N1CCSc2ccc(OC)cc2C1.COc1ccc2c(c1)CNCCS2.Cc1ccccc1.S=S=S=S=S=S=S=S=S=S=S=S=S=S=S=S=S=S=S=S=S=S=S=S=S=S. The summed E-state index contributed by atoms with van der Waals surface area (Å²) in [5.74, 6) is 4.99. The number of anilines is 1. The highest BCUT2D eigenvalue weighted by Crippen LogP contribution is 2.32. The van der Waals surface area contributed by atoms with Crippen molar-refractivity contribution in [2.24, 2.45) is 0 Å². The van der Waals surface area contributed by atoms with Crippen LogP contribution in [-0.4, -0.2) is 43.7 Å². The second kappa shape index (κ2) is 47.4. The summed E-state index contributed by atoms with van der Waals surface area (Å²) in [6.07, 6.45) is 0. The summed E-state index contributed by atoms with van der Waals surface area (Å²) in [5, 5.41) is 6.77. The maximum Gasteiger partial charge on any atom is 0.119 e. The molecule has 4 aromatic rings. The van der Waals surface area contributed by atoms with Gasteiger partial charge in [0.2, 0.25) is 0 Å². The molecule has 0 unspecified atom stereocenters. The van der Waals surface area contributed by atoms with E-state index < -0.39 is 0 Å². The molecule has 2 heterocycles. The minimum absolute atomic E-state index is 0. The van der Waals surface area contributed by atoms with Crippen LogP contribution in [0.1, 0.15) is 24.1 Å². The van der Waals surface area contributed by atoms with Crippen molar-refractivity contribution in [3.8, 4) is 11.5 Å². The molecular formula is C36H45N3O2S28. The second-order valence-electron chi connectivity index (χ2n) is 11.5. The van der Waals surface area contributed by atoms with Crippen molar-refractivity contribution in [1.82, 2.24) is 10.2 Å². The summed E-state index contributed by atoms with van der Waals surface area (Å²) in [7, 11) is 45.2. The molecular weight excluding hydrogens is 1400 g/mol. The smallest absolute Gasteiger partial charge is 0.119 e. The van der Waals surface area contributed by atoms with Crippen LogP contribution in [-0.2, 0) is 249 Å². The third kappa shape index (κ3) is 34.6. The van der Waals surface area contributed by atoms with Gasteiger partial charge >= 0.3 is 0 Å². The number of fused-ring (bicyclic) bond motifs is 2. The molecule has 0 atom stereocenters. The number of aryl methyl sites for hydroxylation is 1. The van der Waals surface area contributed by atoms with Gasteiger partial charge in [0.25, 0.3) is 0 Å². The van der Waals surface area contributed by atoms with Crippen LogP contribution in [0, 0.1) is 6.92 Å². The van der Waals surface area contributed by atoms with Crippen LogP contribution in [0.25, 0.3) is 0 Å². The Morgan fingerprint density at radius 2 is 0.971 bits per heavy atom. The van der Waals surface area contributed by atoms with Crippen LogP contribution in [0.3, 0.4) is 0 Å². The first-order chi connectivity index (χ1) is 33.5. The number of hydrogen-bond acceptors (Lipinski definition) is 9. The molecule has 6 rings (SSSR count). The molecule has 2 N–H and O–H groups in total. The molecule has 0 saturated heterocycles. The summed E-state index contributed by atoms with van der Waals surface area (Å²) in [5.41, 5.74) is 5.03. The number of nitrogens with zero attached hydrogens (tertiary/aromatic N) is 1. The summed E-state index contributed by atoms with van der Waals surface area (Å²) in [6.45, 7) is 10.1. The molecule has 0 aromatic heterocycles. The zero-order chi connectivity index (χ0) is 48.5. The highest BCUT2D eigenvalue weighted by molar-refractivity contribution is 8.79. The van der Waals surface area contributed by atoms with E-state index in [1.165, 1.54) is 44.2 Å². The number of rotatable bonds is 5. The van der Waals surface area contributed by atoms with E-state index in [4.69, 9.17) is 31.8 Å². The number of nitrogens with one attached hydrogen (secondary N) is 2. The third-order valence-corrected chi connectivity index (χ3v) is 60.7. The van der Waals surface area contributed by atoms with Gasteiger partial charge in [0, 0.05) is 289 Å².